The van der Waals surface area contributed by atoms with Gasteiger partial charge in [0.2, 0.25) is 6.10 Å². The van der Waals surface area contributed by atoms with Crippen molar-refractivity contribution in [3.8, 4) is 0 Å². The summed E-state index contributed by atoms with van der Waals surface area (Å²) in [7, 11) is -4.33. The zero-order chi connectivity index (χ0) is 12.6. The minimum atomic E-state index is -4.68. The zero-order valence-corrected chi connectivity index (χ0v) is 8.67. The quantitative estimate of drug-likeness (QED) is 0.660. The van der Waals surface area contributed by atoms with Crippen LogP contribution in [0.3, 0.4) is 0 Å². The van der Waals surface area contributed by atoms with Crippen LogP contribution in [0, 0.1) is 0 Å². The summed E-state index contributed by atoms with van der Waals surface area (Å²) in [4.78, 5) is 11.0. The SMILES string of the molecule is CC1OS(=O)(=O)OC1C(=O)OCC(F)(F)F. The number of ether oxygens (including phenoxy) is 1. The van der Waals surface area contributed by atoms with Crippen LogP contribution >= 0.6 is 0 Å². The van der Waals surface area contributed by atoms with Crippen molar-refractivity contribution >= 4 is 16.4 Å². The Balaban J connectivity index is 2.56. The fourth-order valence-corrected chi connectivity index (χ4v) is 1.94. The molecule has 0 bridgehead atoms. The highest BCUT2D eigenvalue weighted by Crippen LogP contribution is 2.22. The molecule has 1 heterocycles. The third-order valence-electron chi connectivity index (χ3n) is 1.53. The lowest BCUT2D eigenvalue weighted by atomic mass is 10.2. The normalized spacial score (nSPS) is 29.0. The zero-order valence-electron chi connectivity index (χ0n) is 7.85. The van der Waals surface area contributed by atoms with Gasteiger partial charge in [0, 0.05) is 0 Å². The molecule has 0 spiro atoms. The second-order valence-corrected chi connectivity index (χ2v) is 4.15. The molecular formula is C6H7F3O6S. The van der Waals surface area contributed by atoms with E-state index in [1.807, 2.05) is 0 Å². The minimum absolute atomic E-state index is 1.16. The number of hydrogen-bond donors (Lipinski definition) is 0. The number of alkyl halides is 3. The standard InChI is InChI=1S/C6H7F3O6S/c1-3-4(15-16(11,12)14-3)5(10)13-2-6(7,8)9/h3-4H,2H2,1H3. The van der Waals surface area contributed by atoms with Crippen LogP contribution in [-0.2, 0) is 28.3 Å². The Morgan fingerprint density at radius 1 is 1.38 bits per heavy atom. The number of hydrogen-bond acceptors (Lipinski definition) is 6. The van der Waals surface area contributed by atoms with Crippen molar-refractivity contribution in [3.63, 3.8) is 0 Å². The highest BCUT2D eigenvalue weighted by Gasteiger charge is 2.44. The molecule has 0 radical (unpaired) electrons. The lowest BCUT2D eigenvalue weighted by Crippen LogP contribution is -2.33. The molecule has 16 heavy (non-hydrogen) atoms. The molecule has 0 amide bonds. The van der Waals surface area contributed by atoms with Gasteiger partial charge in [0.1, 0.15) is 6.10 Å². The molecular weight excluding hydrogens is 257 g/mol. The van der Waals surface area contributed by atoms with Crippen LogP contribution in [0.5, 0.6) is 0 Å². The van der Waals surface area contributed by atoms with Crippen molar-refractivity contribution < 1.29 is 39.5 Å². The van der Waals surface area contributed by atoms with Gasteiger partial charge in [0.05, 0.1) is 0 Å². The van der Waals surface area contributed by atoms with Gasteiger partial charge in [0.25, 0.3) is 0 Å². The van der Waals surface area contributed by atoms with E-state index in [-0.39, 0.29) is 0 Å². The molecule has 0 aromatic heterocycles. The van der Waals surface area contributed by atoms with E-state index in [0.717, 1.165) is 6.92 Å². The van der Waals surface area contributed by atoms with E-state index in [4.69, 9.17) is 0 Å². The van der Waals surface area contributed by atoms with Crippen LogP contribution in [0.25, 0.3) is 0 Å². The lowest BCUT2D eigenvalue weighted by molar-refractivity contribution is -0.191. The molecule has 0 N–H and O–H groups in total. The van der Waals surface area contributed by atoms with Crippen LogP contribution in [0.15, 0.2) is 0 Å². The fourth-order valence-electron chi connectivity index (χ4n) is 0.930. The minimum Gasteiger partial charge on any atom is -0.454 e. The van der Waals surface area contributed by atoms with Gasteiger partial charge in [-0.2, -0.15) is 21.6 Å². The molecule has 94 valence electrons. The maximum atomic E-state index is 11.7. The van der Waals surface area contributed by atoms with Crippen LogP contribution in [0.4, 0.5) is 13.2 Å². The molecule has 1 aliphatic heterocycles. The van der Waals surface area contributed by atoms with Gasteiger partial charge >= 0.3 is 22.5 Å². The predicted octanol–water partition coefficient (Wildman–Crippen LogP) is 0.141. The fraction of sp³-hybridized carbons (Fsp3) is 0.833. The molecule has 1 saturated heterocycles. The molecule has 0 aromatic carbocycles. The first kappa shape index (κ1) is 13.2. The van der Waals surface area contributed by atoms with Crippen molar-refractivity contribution in [2.75, 3.05) is 6.61 Å². The largest absolute Gasteiger partial charge is 0.454 e. The van der Waals surface area contributed by atoms with Crippen LogP contribution in [-0.4, -0.2) is 39.4 Å². The third kappa shape index (κ3) is 3.61. The first-order valence-electron chi connectivity index (χ1n) is 3.95. The van der Waals surface area contributed by atoms with Crippen molar-refractivity contribution in [3.05, 3.63) is 0 Å². The van der Waals surface area contributed by atoms with Gasteiger partial charge in [0.15, 0.2) is 6.61 Å². The van der Waals surface area contributed by atoms with Gasteiger partial charge in [-0.1, -0.05) is 0 Å². The second kappa shape index (κ2) is 4.18. The highest BCUT2D eigenvalue weighted by molar-refractivity contribution is 7.82. The third-order valence-corrected chi connectivity index (χ3v) is 2.51. The summed E-state index contributed by atoms with van der Waals surface area (Å²) < 4.78 is 68.5. The topological polar surface area (TPSA) is 78.9 Å². The predicted molar refractivity (Wildman–Crippen MR) is 41.4 cm³/mol. The second-order valence-electron chi connectivity index (χ2n) is 2.95. The van der Waals surface area contributed by atoms with E-state index in [1.54, 1.807) is 0 Å². The summed E-state index contributed by atoms with van der Waals surface area (Å²) in [6, 6.07) is 0. The van der Waals surface area contributed by atoms with Crippen molar-refractivity contribution in [1.82, 2.24) is 0 Å². The summed E-state index contributed by atoms with van der Waals surface area (Å²) in [6.07, 6.45) is -7.60. The van der Waals surface area contributed by atoms with Crippen LogP contribution in [0.2, 0.25) is 0 Å². The van der Waals surface area contributed by atoms with Gasteiger partial charge in [-0.3, -0.25) is 0 Å². The smallest absolute Gasteiger partial charge is 0.422 e. The molecule has 1 fully saturated rings. The van der Waals surface area contributed by atoms with E-state index in [0.29, 0.717) is 0 Å². The van der Waals surface area contributed by atoms with E-state index in [1.165, 1.54) is 0 Å². The first-order valence-corrected chi connectivity index (χ1v) is 5.29. The average molecular weight is 264 g/mol. The Morgan fingerprint density at radius 3 is 2.31 bits per heavy atom. The first-order chi connectivity index (χ1) is 7.11. The Bertz CT molecular complexity index is 374. The molecule has 2 atom stereocenters. The molecule has 6 nitrogen and oxygen atoms in total. The van der Waals surface area contributed by atoms with E-state index < -0.39 is 41.4 Å². The summed E-state index contributed by atoms with van der Waals surface area (Å²) in [5.41, 5.74) is 0. The average Bonchev–Trinajstić information content (AvgIpc) is 2.34. The summed E-state index contributed by atoms with van der Waals surface area (Å²) in [5, 5.41) is 0. The van der Waals surface area contributed by atoms with Crippen molar-refractivity contribution in [2.24, 2.45) is 0 Å². The number of esters is 1. The highest BCUT2D eigenvalue weighted by atomic mass is 32.3. The molecule has 0 aromatic rings. The lowest BCUT2D eigenvalue weighted by Gasteiger charge is -2.11. The van der Waals surface area contributed by atoms with E-state index in [9.17, 15) is 26.4 Å². The Labute approximate surface area is 88.6 Å². The van der Waals surface area contributed by atoms with Crippen molar-refractivity contribution in [2.45, 2.75) is 25.3 Å². The molecule has 2 unspecified atom stereocenters. The molecule has 1 aliphatic rings. The number of carbonyl (C=O) groups excluding carboxylic acids is 1. The molecule has 0 saturated carbocycles. The summed E-state index contributed by atoms with van der Waals surface area (Å²) >= 11 is 0. The Hall–Kier alpha value is -0.870. The van der Waals surface area contributed by atoms with Gasteiger partial charge in [-0.15, -0.1) is 0 Å². The van der Waals surface area contributed by atoms with Crippen LogP contribution < -0.4 is 0 Å². The number of carbonyl (C=O) groups is 1. The summed E-state index contributed by atoms with van der Waals surface area (Å²) in [6.45, 7) is -0.650. The molecule has 1 rings (SSSR count). The Kier molecular flexibility index (Phi) is 3.45. The van der Waals surface area contributed by atoms with E-state index in [2.05, 4.69) is 13.1 Å². The van der Waals surface area contributed by atoms with E-state index >= 15 is 0 Å². The molecule has 10 heteroatoms. The van der Waals surface area contributed by atoms with Gasteiger partial charge < -0.3 is 4.74 Å². The Morgan fingerprint density at radius 2 is 1.94 bits per heavy atom. The van der Waals surface area contributed by atoms with Gasteiger partial charge in [-0.05, 0) is 6.92 Å². The van der Waals surface area contributed by atoms with Gasteiger partial charge in [-0.25, -0.2) is 13.2 Å². The van der Waals surface area contributed by atoms with Crippen molar-refractivity contribution in [1.29, 1.82) is 0 Å². The number of halogens is 3. The molecule has 0 aliphatic carbocycles. The van der Waals surface area contributed by atoms with Crippen LogP contribution in [0.1, 0.15) is 6.92 Å². The number of rotatable bonds is 2. The monoisotopic (exact) mass is 264 g/mol. The maximum absolute atomic E-state index is 11.7. The summed E-state index contributed by atoms with van der Waals surface area (Å²) in [5.74, 6) is -1.44. The maximum Gasteiger partial charge on any atom is 0.422 e.